The Morgan fingerprint density at radius 1 is 1.16 bits per heavy atom. The van der Waals surface area contributed by atoms with Crippen molar-refractivity contribution < 1.29 is 13.5 Å². The number of rotatable bonds is 5. The van der Waals surface area contributed by atoms with Crippen molar-refractivity contribution in [3.8, 4) is 17.3 Å². The lowest BCUT2D eigenvalue weighted by Crippen LogP contribution is -2.21. The van der Waals surface area contributed by atoms with Crippen molar-refractivity contribution in [2.45, 2.75) is 51.0 Å². The quantitative estimate of drug-likeness (QED) is 0.516. The van der Waals surface area contributed by atoms with Crippen LogP contribution in [0.5, 0.6) is 5.88 Å². The Morgan fingerprint density at radius 2 is 1.97 bits per heavy atom. The number of aromatic nitrogens is 7. The van der Waals surface area contributed by atoms with Crippen LogP contribution in [0.15, 0.2) is 30.6 Å². The molecule has 1 aliphatic rings. The number of benzene rings is 1. The second-order valence-corrected chi connectivity index (χ2v) is 8.18. The zero-order chi connectivity index (χ0) is 21.6. The van der Waals surface area contributed by atoms with Crippen molar-refractivity contribution >= 4 is 5.65 Å². The second kappa shape index (κ2) is 7.36. The van der Waals surface area contributed by atoms with Crippen molar-refractivity contribution in [2.75, 3.05) is 0 Å². The number of fused-ring (bicyclic) bond motifs is 1. The molecular formula is C21H21F2N7O. The van der Waals surface area contributed by atoms with E-state index in [1.54, 1.807) is 0 Å². The summed E-state index contributed by atoms with van der Waals surface area (Å²) in [7, 11) is 0. The molecule has 0 spiro atoms. The van der Waals surface area contributed by atoms with Gasteiger partial charge in [-0.1, -0.05) is 19.8 Å². The molecule has 160 valence electrons. The summed E-state index contributed by atoms with van der Waals surface area (Å²) in [4.78, 5) is 4.16. The highest BCUT2D eigenvalue weighted by Crippen LogP contribution is 2.44. The lowest BCUT2D eigenvalue weighted by Gasteiger charge is -2.26. The third-order valence-corrected chi connectivity index (χ3v) is 6.00. The molecule has 1 aromatic carbocycles. The van der Waals surface area contributed by atoms with Crippen LogP contribution in [0.1, 0.15) is 57.0 Å². The van der Waals surface area contributed by atoms with Gasteiger partial charge < -0.3 is 4.74 Å². The van der Waals surface area contributed by atoms with Crippen molar-refractivity contribution in [3.63, 3.8) is 0 Å². The zero-order valence-electron chi connectivity index (χ0n) is 17.1. The van der Waals surface area contributed by atoms with Crippen LogP contribution in [0.2, 0.25) is 0 Å². The highest BCUT2D eigenvalue weighted by atomic mass is 19.1. The first-order chi connectivity index (χ1) is 14.9. The van der Waals surface area contributed by atoms with Gasteiger partial charge in [0.15, 0.2) is 23.4 Å². The fraction of sp³-hybridized carbons (Fsp3) is 0.381. The normalized spacial score (nSPS) is 16.6. The van der Waals surface area contributed by atoms with Crippen molar-refractivity contribution in [1.82, 2.24) is 35.0 Å². The summed E-state index contributed by atoms with van der Waals surface area (Å²) in [5.41, 5.74) is 1.40. The molecule has 1 aliphatic carbocycles. The molecular weight excluding hydrogens is 404 g/mol. The number of aromatic amines is 1. The fourth-order valence-corrected chi connectivity index (χ4v) is 4.23. The molecule has 0 radical (unpaired) electrons. The Kier molecular flexibility index (Phi) is 4.64. The molecule has 0 bridgehead atoms. The molecule has 8 nitrogen and oxygen atoms in total. The van der Waals surface area contributed by atoms with E-state index in [1.165, 1.54) is 23.0 Å². The zero-order valence-corrected chi connectivity index (χ0v) is 17.1. The van der Waals surface area contributed by atoms with Crippen molar-refractivity contribution in [2.24, 2.45) is 0 Å². The summed E-state index contributed by atoms with van der Waals surface area (Å²) in [5.74, 6) is -0.250. The number of H-pyrrole nitrogens is 1. The van der Waals surface area contributed by atoms with E-state index in [9.17, 15) is 8.78 Å². The third-order valence-electron chi connectivity index (χ3n) is 6.00. The number of nitrogens with zero attached hydrogens (tertiary/aromatic N) is 6. The number of hydrogen-bond donors (Lipinski definition) is 1. The topological polar surface area (TPSA) is 93.9 Å². The van der Waals surface area contributed by atoms with E-state index in [2.05, 4.69) is 37.4 Å². The van der Waals surface area contributed by atoms with Crippen LogP contribution >= 0.6 is 0 Å². The maximum absolute atomic E-state index is 14.4. The van der Waals surface area contributed by atoms with Crippen molar-refractivity contribution in [3.05, 3.63) is 53.6 Å². The monoisotopic (exact) mass is 425 g/mol. The van der Waals surface area contributed by atoms with E-state index >= 15 is 0 Å². The fourth-order valence-electron chi connectivity index (χ4n) is 4.23. The van der Waals surface area contributed by atoms with Crippen LogP contribution in [0.25, 0.3) is 17.0 Å². The van der Waals surface area contributed by atoms with Gasteiger partial charge in [0.25, 0.3) is 0 Å². The average Bonchev–Trinajstić information content (AvgIpc) is 3.49. The molecule has 0 saturated heterocycles. The minimum Gasteiger partial charge on any atom is -0.465 e. The SMILES string of the molecule is CC(Oc1nn2c(-c3ccc(F)cc3F)nnc2cc1C1(C)CCCC1)c1ncn[nH]1. The second-order valence-electron chi connectivity index (χ2n) is 8.18. The molecule has 1 saturated carbocycles. The van der Waals surface area contributed by atoms with Gasteiger partial charge in [-0.2, -0.15) is 9.61 Å². The van der Waals surface area contributed by atoms with Crippen LogP contribution in [0.3, 0.4) is 0 Å². The Labute approximate surface area is 176 Å². The summed E-state index contributed by atoms with van der Waals surface area (Å²) >= 11 is 0. The predicted octanol–water partition coefficient (Wildman–Crippen LogP) is 4.16. The molecule has 31 heavy (non-hydrogen) atoms. The van der Waals surface area contributed by atoms with Crippen LogP contribution in [0.4, 0.5) is 8.78 Å². The smallest absolute Gasteiger partial charge is 0.236 e. The largest absolute Gasteiger partial charge is 0.465 e. The lowest BCUT2D eigenvalue weighted by molar-refractivity contribution is 0.198. The van der Waals surface area contributed by atoms with Crippen LogP contribution in [-0.4, -0.2) is 35.0 Å². The van der Waals surface area contributed by atoms with E-state index in [1.807, 2.05) is 13.0 Å². The first-order valence-corrected chi connectivity index (χ1v) is 10.2. The first kappa shape index (κ1) is 19.5. The van der Waals surface area contributed by atoms with Gasteiger partial charge in [0, 0.05) is 11.6 Å². The minimum absolute atomic E-state index is 0.107. The van der Waals surface area contributed by atoms with Gasteiger partial charge in [0.05, 0.1) is 5.56 Å². The Hall–Kier alpha value is -3.43. The first-order valence-electron chi connectivity index (χ1n) is 10.2. The number of hydrogen-bond acceptors (Lipinski definition) is 6. The molecule has 3 heterocycles. The molecule has 1 atom stereocenters. The van der Waals surface area contributed by atoms with E-state index in [0.717, 1.165) is 37.3 Å². The highest BCUT2D eigenvalue weighted by Gasteiger charge is 2.35. The van der Waals surface area contributed by atoms with Gasteiger partial charge in [-0.15, -0.1) is 15.3 Å². The van der Waals surface area contributed by atoms with E-state index in [0.29, 0.717) is 17.4 Å². The summed E-state index contributed by atoms with van der Waals surface area (Å²) < 4.78 is 35.4. The molecule has 0 amide bonds. The van der Waals surface area contributed by atoms with E-state index < -0.39 is 17.7 Å². The molecule has 5 rings (SSSR count). The summed E-state index contributed by atoms with van der Waals surface area (Å²) in [5, 5.41) is 19.7. The highest BCUT2D eigenvalue weighted by molar-refractivity contribution is 5.60. The van der Waals surface area contributed by atoms with Crippen molar-refractivity contribution in [1.29, 1.82) is 0 Å². The Morgan fingerprint density at radius 3 is 2.68 bits per heavy atom. The third kappa shape index (κ3) is 3.41. The maximum Gasteiger partial charge on any atom is 0.236 e. The average molecular weight is 425 g/mol. The van der Waals surface area contributed by atoms with E-state index in [4.69, 9.17) is 4.74 Å². The molecule has 1 unspecified atom stereocenters. The summed E-state index contributed by atoms with van der Waals surface area (Å²) in [6.45, 7) is 4.04. The van der Waals surface area contributed by atoms with Crippen LogP contribution in [0, 0.1) is 11.6 Å². The van der Waals surface area contributed by atoms with Gasteiger partial charge >= 0.3 is 0 Å². The molecule has 1 N–H and O–H groups in total. The number of nitrogens with one attached hydrogen (secondary N) is 1. The van der Waals surface area contributed by atoms with Gasteiger partial charge in [-0.05, 0) is 43.4 Å². The molecule has 4 aromatic rings. The molecule has 10 heteroatoms. The van der Waals surface area contributed by atoms with Gasteiger partial charge in [-0.25, -0.2) is 13.8 Å². The summed E-state index contributed by atoms with van der Waals surface area (Å²) in [6.07, 6.45) is 5.24. The predicted molar refractivity (Wildman–Crippen MR) is 107 cm³/mol. The Balaban J connectivity index is 1.65. The molecule has 0 aliphatic heterocycles. The lowest BCUT2D eigenvalue weighted by atomic mass is 9.81. The molecule has 3 aromatic heterocycles. The minimum atomic E-state index is -0.736. The van der Waals surface area contributed by atoms with E-state index in [-0.39, 0.29) is 16.8 Å². The molecule has 1 fully saturated rings. The number of halogens is 2. The van der Waals surface area contributed by atoms with Crippen LogP contribution < -0.4 is 4.74 Å². The standard InChI is InChI=1S/C21H21F2N7O/c1-12(18-24-11-25-27-18)31-20-15(21(2)7-3-4-8-21)10-17-26-28-19(30(17)29-20)14-6-5-13(22)9-16(14)23/h5-6,9-12H,3-4,7-8H2,1-2H3,(H,24,25,27). The number of ether oxygens (including phenoxy) is 1. The van der Waals surface area contributed by atoms with Gasteiger partial charge in [0.2, 0.25) is 5.88 Å². The summed E-state index contributed by atoms with van der Waals surface area (Å²) in [6, 6.07) is 5.22. The van der Waals surface area contributed by atoms with Gasteiger partial charge in [-0.3, -0.25) is 5.10 Å². The van der Waals surface area contributed by atoms with Crippen LogP contribution in [-0.2, 0) is 5.41 Å². The van der Waals surface area contributed by atoms with Gasteiger partial charge in [0.1, 0.15) is 18.0 Å². The Bertz CT molecular complexity index is 1230. The maximum atomic E-state index is 14.4.